The molecule has 0 radical (unpaired) electrons. The summed E-state index contributed by atoms with van der Waals surface area (Å²) in [5, 5.41) is 26.7. The summed E-state index contributed by atoms with van der Waals surface area (Å²) < 4.78 is 11.8. The molecule has 0 saturated carbocycles. The van der Waals surface area contributed by atoms with E-state index in [0.29, 0.717) is 56.7 Å². The Morgan fingerprint density at radius 1 is 0.500 bits per heavy atom. The van der Waals surface area contributed by atoms with Crippen molar-refractivity contribution in [3.63, 3.8) is 0 Å². The normalized spacial score (nSPS) is 11.8. The fourth-order valence-corrected chi connectivity index (χ4v) is 6.36. The highest BCUT2D eigenvalue weighted by atomic mass is 16.5. The van der Waals surface area contributed by atoms with Gasteiger partial charge in [-0.15, -0.1) is 0 Å². The van der Waals surface area contributed by atoms with Gasteiger partial charge >= 0.3 is 11.9 Å². The molecule has 44 heavy (non-hydrogen) atoms. The molecule has 218 valence electrons. The first kappa shape index (κ1) is 27.3. The van der Waals surface area contributed by atoms with Crippen molar-refractivity contribution in [1.82, 2.24) is 0 Å². The summed E-state index contributed by atoms with van der Waals surface area (Å²) in [5.74, 6) is -0.676. The van der Waals surface area contributed by atoms with E-state index in [9.17, 15) is 19.2 Å². The Balaban J connectivity index is 1.54. The van der Waals surface area contributed by atoms with Gasteiger partial charge in [-0.25, -0.2) is 0 Å². The molecule has 0 aliphatic carbocycles. The van der Waals surface area contributed by atoms with Gasteiger partial charge < -0.3 is 19.7 Å². The van der Waals surface area contributed by atoms with E-state index >= 15 is 0 Å². The zero-order chi connectivity index (χ0) is 30.5. The van der Waals surface area contributed by atoms with E-state index in [1.807, 2.05) is 48.5 Å². The predicted molar refractivity (Wildman–Crippen MR) is 171 cm³/mol. The molecule has 8 heteroatoms. The van der Waals surface area contributed by atoms with Gasteiger partial charge in [0, 0.05) is 45.2 Å². The van der Waals surface area contributed by atoms with Crippen molar-refractivity contribution in [3.8, 4) is 11.5 Å². The highest BCUT2D eigenvalue weighted by Gasteiger charge is 2.21. The minimum Gasteiger partial charge on any atom is -0.494 e. The van der Waals surface area contributed by atoms with Gasteiger partial charge in [0.25, 0.3) is 0 Å². The standard InChI is InChI=1S/C36H26O8/c37-27-11-8-22-16-20-6-10-24(44-14-2-4-30(41)42)18-26(20)34-32(22)35(27)33-25-17-23(43-13-1-3-29(39)40)9-5-19(25)15-21-7-12-28(38)36(34)31(21)33/h5-12,15-18H,1-4,13-14H2,(H,39,40)(H,41,42). The Morgan fingerprint density at radius 3 is 1.32 bits per heavy atom. The number of fused-ring (bicyclic) bond motifs is 6. The van der Waals surface area contributed by atoms with E-state index < -0.39 is 11.9 Å². The molecule has 0 unspecified atom stereocenters. The highest BCUT2D eigenvalue weighted by molar-refractivity contribution is 6.41. The third-order valence-electron chi connectivity index (χ3n) is 8.22. The van der Waals surface area contributed by atoms with Gasteiger partial charge in [0.1, 0.15) is 11.5 Å². The quantitative estimate of drug-likeness (QED) is 0.103. The number of ether oxygens (including phenoxy) is 2. The third-order valence-corrected chi connectivity index (χ3v) is 8.22. The average Bonchev–Trinajstić information content (AvgIpc) is 3.00. The summed E-state index contributed by atoms with van der Waals surface area (Å²) >= 11 is 0. The molecule has 0 atom stereocenters. The van der Waals surface area contributed by atoms with E-state index in [1.165, 1.54) is 0 Å². The summed E-state index contributed by atoms with van der Waals surface area (Å²) in [6, 6.07) is 21.9. The van der Waals surface area contributed by atoms with Gasteiger partial charge in [0.2, 0.25) is 0 Å². The zero-order valence-electron chi connectivity index (χ0n) is 23.5. The first-order chi connectivity index (χ1) is 21.3. The second-order valence-electron chi connectivity index (χ2n) is 11.0. The lowest BCUT2D eigenvalue weighted by Gasteiger charge is -2.18. The summed E-state index contributed by atoms with van der Waals surface area (Å²) in [4.78, 5) is 49.4. The number of aliphatic carboxylic acids is 2. The lowest BCUT2D eigenvalue weighted by molar-refractivity contribution is -0.138. The Kier molecular flexibility index (Phi) is 6.62. The fraction of sp³-hybridized carbons (Fsp3) is 0.167. The van der Waals surface area contributed by atoms with Gasteiger partial charge in [-0.1, -0.05) is 24.3 Å². The van der Waals surface area contributed by atoms with Crippen molar-refractivity contribution >= 4 is 76.6 Å². The highest BCUT2D eigenvalue weighted by Crippen LogP contribution is 2.44. The smallest absolute Gasteiger partial charge is 0.303 e. The molecule has 0 saturated heterocycles. The van der Waals surface area contributed by atoms with E-state index in [1.54, 1.807) is 24.3 Å². The predicted octanol–water partition coefficient (Wildman–Crippen LogP) is 6.69. The van der Waals surface area contributed by atoms with Gasteiger partial charge in [0.05, 0.1) is 13.2 Å². The SMILES string of the molecule is O=C(O)CCCOc1ccc2cc3ccc(=O)c4c3c(c2c1)c1c(=O)ccc2cc3ccc(OCCCC(=O)O)cc3c4c21. The fourth-order valence-electron chi connectivity index (χ4n) is 6.36. The molecule has 0 spiro atoms. The monoisotopic (exact) mass is 586 g/mol. The van der Waals surface area contributed by atoms with Crippen LogP contribution in [-0.2, 0) is 9.59 Å². The molecule has 8 nitrogen and oxygen atoms in total. The van der Waals surface area contributed by atoms with Crippen LogP contribution >= 0.6 is 0 Å². The molecule has 7 aromatic carbocycles. The van der Waals surface area contributed by atoms with Crippen LogP contribution in [0.4, 0.5) is 0 Å². The topological polar surface area (TPSA) is 127 Å². The van der Waals surface area contributed by atoms with Crippen molar-refractivity contribution in [2.75, 3.05) is 13.2 Å². The maximum atomic E-state index is 13.8. The van der Waals surface area contributed by atoms with Crippen LogP contribution in [0.15, 0.2) is 82.4 Å². The second-order valence-corrected chi connectivity index (χ2v) is 11.0. The van der Waals surface area contributed by atoms with Crippen molar-refractivity contribution < 1.29 is 29.3 Å². The number of carboxylic acid groups (broad SMARTS) is 2. The van der Waals surface area contributed by atoms with Crippen LogP contribution in [0.2, 0.25) is 0 Å². The van der Waals surface area contributed by atoms with Gasteiger partial charge in [-0.2, -0.15) is 0 Å². The van der Waals surface area contributed by atoms with Crippen molar-refractivity contribution in [1.29, 1.82) is 0 Å². The van der Waals surface area contributed by atoms with Crippen LogP contribution in [0.3, 0.4) is 0 Å². The second kappa shape index (κ2) is 10.6. The zero-order valence-corrected chi connectivity index (χ0v) is 23.5. The van der Waals surface area contributed by atoms with Crippen LogP contribution in [0.5, 0.6) is 11.5 Å². The minimum atomic E-state index is -0.886. The molecule has 7 aromatic rings. The molecule has 0 amide bonds. The number of carboxylic acids is 2. The van der Waals surface area contributed by atoms with E-state index in [0.717, 1.165) is 32.3 Å². The van der Waals surface area contributed by atoms with E-state index in [-0.39, 0.29) is 36.9 Å². The molecule has 0 aromatic heterocycles. The summed E-state index contributed by atoms with van der Waals surface area (Å²) in [6.07, 6.45) is 0.718. The number of benzene rings is 7. The Morgan fingerprint density at radius 2 is 0.909 bits per heavy atom. The first-order valence-electron chi connectivity index (χ1n) is 14.4. The van der Waals surface area contributed by atoms with Crippen LogP contribution < -0.4 is 20.3 Å². The van der Waals surface area contributed by atoms with Crippen LogP contribution in [0, 0.1) is 0 Å². The third kappa shape index (κ3) is 4.55. The average molecular weight is 587 g/mol. The minimum absolute atomic E-state index is 0.000471. The van der Waals surface area contributed by atoms with Crippen molar-refractivity contribution in [2.24, 2.45) is 0 Å². The first-order valence-corrected chi connectivity index (χ1v) is 14.4. The van der Waals surface area contributed by atoms with Gasteiger partial charge in [0.15, 0.2) is 10.9 Å². The number of hydrogen-bond donors (Lipinski definition) is 2. The molecule has 0 aliphatic rings. The molecule has 7 rings (SSSR count). The van der Waals surface area contributed by atoms with Crippen LogP contribution in [-0.4, -0.2) is 35.4 Å². The largest absolute Gasteiger partial charge is 0.494 e. The van der Waals surface area contributed by atoms with E-state index in [2.05, 4.69) is 0 Å². The van der Waals surface area contributed by atoms with Gasteiger partial charge in [-0.3, -0.25) is 19.2 Å². The van der Waals surface area contributed by atoms with Crippen molar-refractivity contribution in [3.05, 3.63) is 93.2 Å². The molecule has 2 N–H and O–H groups in total. The number of hydrogen-bond acceptors (Lipinski definition) is 6. The summed E-state index contributed by atoms with van der Waals surface area (Å²) in [7, 11) is 0. The summed E-state index contributed by atoms with van der Waals surface area (Å²) in [6.45, 7) is 0.462. The van der Waals surface area contributed by atoms with Gasteiger partial charge in [-0.05, 0) is 93.7 Å². The Labute approximate surface area is 249 Å². The van der Waals surface area contributed by atoms with Crippen LogP contribution in [0.25, 0.3) is 64.6 Å². The van der Waals surface area contributed by atoms with Crippen LogP contribution in [0.1, 0.15) is 25.7 Å². The lowest BCUT2D eigenvalue weighted by Crippen LogP contribution is -2.07. The maximum absolute atomic E-state index is 13.8. The molecular formula is C36H26O8. The molecular weight excluding hydrogens is 560 g/mol. The van der Waals surface area contributed by atoms with E-state index in [4.69, 9.17) is 19.7 Å². The molecule has 0 heterocycles. The lowest BCUT2D eigenvalue weighted by atomic mass is 9.85. The molecule has 0 aliphatic heterocycles. The Bertz CT molecular complexity index is 2230. The number of carbonyl (C=O) groups is 2. The molecule has 0 bridgehead atoms. The summed E-state index contributed by atoms with van der Waals surface area (Å²) in [5.41, 5.74) is -0.328. The molecule has 0 fully saturated rings. The number of rotatable bonds is 10. The maximum Gasteiger partial charge on any atom is 0.303 e. The Hall–Kier alpha value is -5.50. The van der Waals surface area contributed by atoms with Crippen molar-refractivity contribution in [2.45, 2.75) is 25.7 Å².